The monoisotopic (exact) mass is 670 g/mol. The topological polar surface area (TPSA) is 45.4 Å². The first kappa shape index (κ1) is 31.3. The summed E-state index contributed by atoms with van der Waals surface area (Å²) in [5, 5.41) is 1.87. The van der Waals surface area contributed by atoms with Gasteiger partial charge >= 0.3 is 0 Å². The number of rotatable bonds is 6. The van der Waals surface area contributed by atoms with Gasteiger partial charge in [-0.05, 0) is 74.0 Å². The van der Waals surface area contributed by atoms with Gasteiger partial charge in [0.1, 0.15) is 28.9 Å². The summed E-state index contributed by atoms with van der Waals surface area (Å²) in [7, 11) is 2.00. The first-order chi connectivity index (χ1) is 24.1. The number of anilines is 1. The number of para-hydroxylation sites is 2. The Bertz CT molecular complexity index is 2490. The minimum Gasteiger partial charge on any atom is -0.453 e. The molecule has 0 spiro atoms. The predicted molar refractivity (Wildman–Crippen MR) is 188 cm³/mol. The van der Waals surface area contributed by atoms with Crippen LogP contribution in [0.25, 0.3) is 55.6 Å². The third-order valence-corrected chi connectivity index (χ3v) is 9.27. The van der Waals surface area contributed by atoms with E-state index in [9.17, 15) is 13.2 Å². The van der Waals surface area contributed by atoms with Gasteiger partial charge in [-0.3, -0.25) is 9.97 Å². The highest BCUT2D eigenvalue weighted by molar-refractivity contribution is 6.12. The van der Waals surface area contributed by atoms with Crippen LogP contribution in [0.15, 0.2) is 120 Å². The first-order valence-corrected chi connectivity index (χ1v) is 16.1. The van der Waals surface area contributed by atoms with E-state index in [1.54, 1.807) is 18.2 Å². The molecule has 0 bridgehead atoms. The van der Waals surface area contributed by atoms with Gasteiger partial charge in [-0.25, -0.2) is 17.6 Å². The van der Waals surface area contributed by atoms with E-state index in [-0.39, 0.29) is 11.1 Å². The lowest BCUT2D eigenvalue weighted by Crippen LogP contribution is -2.23. The predicted octanol–water partition coefficient (Wildman–Crippen LogP) is 10.4. The Labute approximate surface area is 285 Å². The average Bonchev–Trinajstić information content (AvgIpc) is 3.71. The van der Waals surface area contributed by atoms with Crippen molar-refractivity contribution < 1.29 is 22.0 Å². The van der Waals surface area contributed by atoms with Crippen molar-refractivity contribution in [3.8, 4) is 33.6 Å². The molecular formula is C41H30F4N4O. The first-order valence-electron chi connectivity index (χ1n) is 16.1. The highest BCUT2D eigenvalue weighted by Crippen LogP contribution is 2.42. The number of hydrogen-bond acceptors (Lipinski definition) is 5. The summed E-state index contributed by atoms with van der Waals surface area (Å²) in [6, 6.07) is 27.7. The molecule has 0 radical (unpaired) electrons. The zero-order chi connectivity index (χ0) is 34.7. The number of pyridine rings is 2. The maximum Gasteiger partial charge on any atom is 0.159 e. The van der Waals surface area contributed by atoms with Gasteiger partial charge in [0.05, 0.1) is 35.1 Å². The number of fused-ring (bicyclic) bond motifs is 3. The van der Waals surface area contributed by atoms with Crippen LogP contribution >= 0.6 is 0 Å². The third kappa shape index (κ3) is 5.35. The number of nitrogens with zero attached hydrogens (tertiary/aromatic N) is 4. The standard InChI is InChI=1S/C41H30F4N4O/c1-41(2,37-12-6-10-34(46-37)30-15-13-25(42)21-32(30)44)38-20-24(19-35(47-38)31-16-14-26(43)22-33(31)45)27-7-4-8-28-29-9-5-11-36(40(29)50-39(27)28)49-18-17-48(3)23-49/h4-22H,23H2,1-3H3. The molecule has 0 unspecified atom stereocenters. The highest BCUT2D eigenvalue weighted by Gasteiger charge is 2.29. The van der Waals surface area contributed by atoms with Gasteiger partial charge < -0.3 is 14.2 Å². The smallest absolute Gasteiger partial charge is 0.159 e. The van der Waals surface area contributed by atoms with E-state index >= 15 is 4.39 Å². The summed E-state index contributed by atoms with van der Waals surface area (Å²) in [4.78, 5) is 13.9. The Morgan fingerprint density at radius 1 is 0.620 bits per heavy atom. The van der Waals surface area contributed by atoms with Crippen LogP contribution in [-0.2, 0) is 5.41 Å². The van der Waals surface area contributed by atoms with Crippen LogP contribution in [0.4, 0.5) is 23.2 Å². The molecule has 0 saturated carbocycles. The van der Waals surface area contributed by atoms with Crippen molar-refractivity contribution in [2.45, 2.75) is 19.3 Å². The van der Waals surface area contributed by atoms with Crippen LogP contribution in [0.2, 0.25) is 0 Å². The lowest BCUT2D eigenvalue weighted by Gasteiger charge is -2.26. The van der Waals surface area contributed by atoms with Crippen LogP contribution in [0.5, 0.6) is 0 Å². The molecule has 0 fully saturated rings. The van der Waals surface area contributed by atoms with Gasteiger partial charge in [-0.15, -0.1) is 0 Å². The second kappa shape index (κ2) is 11.9. The highest BCUT2D eigenvalue weighted by atomic mass is 19.1. The maximum absolute atomic E-state index is 15.4. The SMILES string of the molecule is CN1C=CN(c2cccc3c2oc2c(-c4cc(-c5ccc(F)cc5F)nc(C(C)(C)c5cccc(-c6ccc(F)cc6F)n5)c4)cccc23)C1. The molecule has 1 aliphatic heterocycles. The Balaban J connectivity index is 1.32. The number of furan rings is 1. The second-order valence-electron chi connectivity index (χ2n) is 13.0. The number of halogens is 4. The summed E-state index contributed by atoms with van der Waals surface area (Å²) in [6.07, 6.45) is 4.01. The molecule has 0 N–H and O–H groups in total. The Kier molecular flexibility index (Phi) is 7.44. The van der Waals surface area contributed by atoms with E-state index in [1.165, 1.54) is 24.3 Å². The molecule has 4 aromatic carbocycles. The van der Waals surface area contributed by atoms with E-state index in [2.05, 4.69) is 9.80 Å². The number of benzene rings is 4. The molecule has 9 heteroatoms. The molecule has 0 aliphatic carbocycles. The summed E-state index contributed by atoms with van der Waals surface area (Å²) >= 11 is 0. The van der Waals surface area contributed by atoms with Crippen LogP contribution in [0.3, 0.4) is 0 Å². The summed E-state index contributed by atoms with van der Waals surface area (Å²) in [5.74, 6) is -2.85. The van der Waals surface area contributed by atoms with E-state index in [4.69, 9.17) is 14.4 Å². The molecule has 3 aromatic heterocycles. The molecule has 0 atom stereocenters. The molecule has 4 heterocycles. The largest absolute Gasteiger partial charge is 0.453 e. The van der Waals surface area contributed by atoms with Gasteiger partial charge in [0.25, 0.3) is 0 Å². The molecule has 7 aromatic rings. The van der Waals surface area contributed by atoms with E-state index < -0.39 is 28.7 Å². The average molecular weight is 671 g/mol. The molecule has 50 heavy (non-hydrogen) atoms. The number of hydrogen-bond donors (Lipinski definition) is 0. The zero-order valence-corrected chi connectivity index (χ0v) is 27.4. The van der Waals surface area contributed by atoms with Crippen molar-refractivity contribution >= 4 is 27.6 Å². The second-order valence-corrected chi connectivity index (χ2v) is 13.0. The van der Waals surface area contributed by atoms with Gasteiger partial charge in [0, 0.05) is 64.5 Å². The van der Waals surface area contributed by atoms with Crippen molar-refractivity contribution in [3.63, 3.8) is 0 Å². The summed E-state index contributed by atoms with van der Waals surface area (Å²) in [6.45, 7) is 4.53. The normalized spacial score (nSPS) is 13.3. The quantitative estimate of drug-likeness (QED) is 0.165. The van der Waals surface area contributed by atoms with Crippen LogP contribution in [0, 0.1) is 23.3 Å². The lowest BCUT2D eigenvalue weighted by molar-refractivity contribution is 0.495. The molecule has 0 amide bonds. The minimum absolute atomic E-state index is 0.129. The van der Waals surface area contributed by atoms with Gasteiger partial charge in [0.15, 0.2) is 5.58 Å². The van der Waals surface area contributed by atoms with Crippen molar-refractivity contribution in [1.29, 1.82) is 0 Å². The van der Waals surface area contributed by atoms with Crippen LogP contribution in [0.1, 0.15) is 25.2 Å². The van der Waals surface area contributed by atoms with Gasteiger partial charge in [-0.1, -0.05) is 36.4 Å². The lowest BCUT2D eigenvalue weighted by atomic mass is 9.83. The Morgan fingerprint density at radius 3 is 1.94 bits per heavy atom. The molecule has 248 valence electrons. The molecule has 5 nitrogen and oxygen atoms in total. The van der Waals surface area contributed by atoms with Crippen molar-refractivity contribution in [2.75, 3.05) is 18.6 Å². The zero-order valence-electron chi connectivity index (χ0n) is 27.4. The van der Waals surface area contributed by atoms with Gasteiger partial charge in [0.2, 0.25) is 0 Å². The van der Waals surface area contributed by atoms with Gasteiger partial charge in [-0.2, -0.15) is 0 Å². The van der Waals surface area contributed by atoms with Crippen molar-refractivity contribution in [2.24, 2.45) is 0 Å². The summed E-state index contributed by atoms with van der Waals surface area (Å²) in [5.41, 5.74) is 4.90. The van der Waals surface area contributed by atoms with Crippen LogP contribution in [-0.4, -0.2) is 28.6 Å². The van der Waals surface area contributed by atoms with E-state index in [1.807, 2.05) is 81.8 Å². The maximum atomic E-state index is 15.4. The Hall–Kier alpha value is -5.96. The molecule has 8 rings (SSSR count). The fourth-order valence-electron chi connectivity index (χ4n) is 6.55. The number of aromatic nitrogens is 2. The van der Waals surface area contributed by atoms with Crippen molar-refractivity contribution in [3.05, 3.63) is 150 Å². The fraction of sp³-hybridized carbons (Fsp3) is 0.122. The fourth-order valence-corrected chi connectivity index (χ4v) is 6.55. The van der Waals surface area contributed by atoms with E-state index in [0.717, 1.165) is 39.7 Å². The molecule has 1 aliphatic rings. The van der Waals surface area contributed by atoms with Crippen molar-refractivity contribution in [1.82, 2.24) is 14.9 Å². The van der Waals surface area contributed by atoms with E-state index in [0.29, 0.717) is 40.6 Å². The molecular weight excluding hydrogens is 640 g/mol. The third-order valence-electron chi connectivity index (χ3n) is 9.27. The van der Waals surface area contributed by atoms with Crippen LogP contribution < -0.4 is 4.90 Å². The minimum atomic E-state index is -0.892. The summed E-state index contributed by atoms with van der Waals surface area (Å²) < 4.78 is 64.6. The molecule has 0 saturated heterocycles. The Morgan fingerprint density at radius 2 is 1.26 bits per heavy atom.